The fourth-order valence-electron chi connectivity index (χ4n) is 0.918. The lowest BCUT2D eigenvalue weighted by Crippen LogP contribution is -1.82. The lowest BCUT2D eigenvalue weighted by atomic mass is 10.5. The van der Waals surface area contributed by atoms with Gasteiger partial charge in [0.2, 0.25) is 5.95 Å². The molecule has 0 bridgehead atoms. The van der Waals surface area contributed by atoms with E-state index in [-0.39, 0.29) is 0 Å². The standard InChI is InChI=1S/C10H7FN2S2/c11-8-4-3-6-10(13-8)15-14-9-5-1-2-7-12-9/h1-7H. The van der Waals surface area contributed by atoms with Crippen molar-refractivity contribution < 1.29 is 4.39 Å². The zero-order valence-corrected chi connectivity index (χ0v) is 9.26. The molecule has 2 aromatic rings. The van der Waals surface area contributed by atoms with Crippen molar-refractivity contribution in [1.29, 1.82) is 0 Å². The van der Waals surface area contributed by atoms with Crippen molar-refractivity contribution in [2.45, 2.75) is 10.1 Å². The first kappa shape index (κ1) is 10.4. The maximum absolute atomic E-state index is 12.7. The largest absolute Gasteiger partial charge is 0.249 e. The Morgan fingerprint density at radius 1 is 0.933 bits per heavy atom. The Kier molecular flexibility index (Phi) is 3.58. The van der Waals surface area contributed by atoms with Gasteiger partial charge < -0.3 is 0 Å². The van der Waals surface area contributed by atoms with Crippen LogP contribution in [0, 0.1) is 5.95 Å². The molecular formula is C10H7FN2S2. The first-order valence-corrected chi connectivity index (χ1v) is 6.38. The van der Waals surface area contributed by atoms with Crippen LogP contribution in [0.25, 0.3) is 0 Å². The molecule has 0 aromatic carbocycles. The summed E-state index contributed by atoms with van der Waals surface area (Å²) in [7, 11) is 2.85. The predicted octanol–water partition coefficient (Wildman–Crippen LogP) is 3.42. The number of hydrogen-bond donors (Lipinski definition) is 0. The van der Waals surface area contributed by atoms with Gasteiger partial charge in [0.25, 0.3) is 0 Å². The monoisotopic (exact) mass is 238 g/mol. The molecule has 0 saturated heterocycles. The van der Waals surface area contributed by atoms with Gasteiger partial charge in [0, 0.05) is 6.20 Å². The van der Waals surface area contributed by atoms with E-state index in [0.29, 0.717) is 5.03 Å². The van der Waals surface area contributed by atoms with E-state index in [1.165, 1.54) is 27.7 Å². The zero-order valence-electron chi connectivity index (χ0n) is 7.63. The average molecular weight is 238 g/mol. The summed E-state index contributed by atoms with van der Waals surface area (Å²) in [6, 6.07) is 10.4. The minimum atomic E-state index is -0.457. The van der Waals surface area contributed by atoms with Gasteiger partial charge in [0.1, 0.15) is 10.1 Å². The molecule has 0 saturated carbocycles. The maximum Gasteiger partial charge on any atom is 0.213 e. The molecule has 0 fully saturated rings. The van der Waals surface area contributed by atoms with Crippen LogP contribution in [0.2, 0.25) is 0 Å². The molecule has 0 spiro atoms. The Morgan fingerprint density at radius 2 is 1.73 bits per heavy atom. The van der Waals surface area contributed by atoms with Crippen molar-refractivity contribution in [3.05, 3.63) is 48.5 Å². The number of halogens is 1. The molecule has 0 radical (unpaired) electrons. The molecule has 15 heavy (non-hydrogen) atoms. The molecule has 0 amide bonds. The highest BCUT2D eigenvalue weighted by atomic mass is 33.1. The molecule has 2 rings (SSSR count). The molecule has 2 heterocycles. The van der Waals surface area contributed by atoms with Crippen molar-refractivity contribution in [2.75, 3.05) is 0 Å². The van der Waals surface area contributed by atoms with Crippen LogP contribution in [0.4, 0.5) is 4.39 Å². The third-order valence-corrected chi connectivity index (χ3v) is 3.71. The second kappa shape index (κ2) is 5.14. The van der Waals surface area contributed by atoms with Gasteiger partial charge in [-0.25, -0.2) is 9.97 Å². The third-order valence-electron chi connectivity index (χ3n) is 1.54. The van der Waals surface area contributed by atoms with E-state index >= 15 is 0 Å². The van der Waals surface area contributed by atoms with Crippen LogP contribution in [0.15, 0.2) is 52.6 Å². The van der Waals surface area contributed by atoms with E-state index in [2.05, 4.69) is 9.97 Å². The van der Waals surface area contributed by atoms with Crippen LogP contribution in [0.5, 0.6) is 0 Å². The Morgan fingerprint density at radius 3 is 2.47 bits per heavy atom. The summed E-state index contributed by atoms with van der Waals surface area (Å²) >= 11 is 0. The number of nitrogens with zero attached hydrogens (tertiary/aromatic N) is 2. The van der Waals surface area contributed by atoms with Gasteiger partial charge in [0.05, 0.1) is 0 Å². The van der Waals surface area contributed by atoms with Crippen LogP contribution in [0.3, 0.4) is 0 Å². The minimum Gasteiger partial charge on any atom is -0.249 e. The van der Waals surface area contributed by atoms with Gasteiger partial charge in [-0.15, -0.1) is 0 Å². The average Bonchev–Trinajstić information content (AvgIpc) is 2.28. The summed E-state index contributed by atoms with van der Waals surface area (Å²) in [4.78, 5) is 7.87. The molecule has 76 valence electrons. The van der Waals surface area contributed by atoms with Gasteiger partial charge in [-0.3, -0.25) is 0 Å². The fraction of sp³-hybridized carbons (Fsp3) is 0. The summed E-state index contributed by atoms with van der Waals surface area (Å²) in [6.07, 6.45) is 1.72. The molecule has 0 atom stereocenters. The first-order chi connectivity index (χ1) is 7.34. The summed E-state index contributed by atoms with van der Waals surface area (Å²) in [5.74, 6) is -0.457. The maximum atomic E-state index is 12.7. The summed E-state index contributed by atoms with van der Waals surface area (Å²) in [6.45, 7) is 0. The number of pyridine rings is 2. The van der Waals surface area contributed by atoms with Gasteiger partial charge in [-0.05, 0) is 45.9 Å². The molecule has 2 nitrogen and oxygen atoms in total. The Bertz CT molecular complexity index is 436. The van der Waals surface area contributed by atoms with Gasteiger partial charge >= 0.3 is 0 Å². The highest BCUT2D eigenvalue weighted by molar-refractivity contribution is 8.76. The molecule has 0 aliphatic heterocycles. The van der Waals surface area contributed by atoms with Crippen molar-refractivity contribution in [3.63, 3.8) is 0 Å². The quantitative estimate of drug-likeness (QED) is 0.604. The molecule has 5 heteroatoms. The summed E-state index contributed by atoms with van der Waals surface area (Å²) in [5, 5.41) is 1.53. The van der Waals surface area contributed by atoms with Crippen molar-refractivity contribution in [3.8, 4) is 0 Å². The predicted molar refractivity (Wildman–Crippen MR) is 60.1 cm³/mol. The molecule has 0 aliphatic carbocycles. The van der Waals surface area contributed by atoms with Crippen molar-refractivity contribution in [1.82, 2.24) is 9.97 Å². The third kappa shape index (κ3) is 3.21. The molecule has 0 unspecified atom stereocenters. The van der Waals surface area contributed by atoms with E-state index < -0.39 is 5.95 Å². The lowest BCUT2D eigenvalue weighted by Gasteiger charge is -1.98. The van der Waals surface area contributed by atoms with E-state index in [4.69, 9.17) is 0 Å². The van der Waals surface area contributed by atoms with Crippen LogP contribution >= 0.6 is 21.6 Å². The highest BCUT2D eigenvalue weighted by Crippen LogP contribution is 2.34. The first-order valence-electron chi connectivity index (χ1n) is 4.23. The second-order valence-electron chi connectivity index (χ2n) is 2.63. The van der Waals surface area contributed by atoms with Crippen LogP contribution < -0.4 is 0 Å². The molecule has 2 aromatic heterocycles. The van der Waals surface area contributed by atoms with Crippen molar-refractivity contribution in [2.24, 2.45) is 0 Å². The van der Waals surface area contributed by atoms with Gasteiger partial charge in [-0.2, -0.15) is 4.39 Å². The second-order valence-corrected chi connectivity index (χ2v) is 4.80. The van der Waals surface area contributed by atoms with Gasteiger partial charge in [-0.1, -0.05) is 12.1 Å². The lowest BCUT2D eigenvalue weighted by molar-refractivity contribution is 0.572. The fourth-order valence-corrected chi connectivity index (χ4v) is 2.67. The van der Waals surface area contributed by atoms with Crippen LogP contribution in [-0.4, -0.2) is 9.97 Å². The summed E-state index contributed by atoms with van der Waals surface area (Å²) < 4.78 is 12.7. The topological polar surface area (TPSA) is 25.8 Å². The van der Waals surface area contributed by atoms with Crippen molar-refractivity contribution >= 4 is 21.6 Å². The minimum absolute atomic E-state index is 0.457. The van der Waals surface area contributed by atoms with Crippen LogP contribution in [-0.2, 0) is 0 Å². The smallest absolute Gasteiger partial charge is 0.213 e. The SMILES string of the molecule is Fc1cccc(SSc2ccccn2)n1. The molecule has 0 aliphatic rings. The Balaban J connectivity index is 1.99. The van der Waals surface area contributed by atoms with E-state index in [1.54, 1.807) is 18.3 Å². The van der Waals surface area contributed by atoms with E-state index in [1.807, 2.05) is 18.2 Å². The normalized spacial score (nSPS) is 10.2. The molecular weight excluding hydrogens is 231 g/mol. The number of rotatable bonds is 3. The molecule has 0 N–H and O–H groups in total. The Labute approximate surface area is 94.7 Å². The van der Waals surface area contributed by atoms with E-state index in [9.17, 15) is 4.39 Å². The Hall–Kier alpha value is -1.07. The number of hydrogen-bond acceptors (Lipinski definition) is 4. The van der Waals surface area contributed by atoms with E-state index in [0.717, 1.165) is 5.03 Å². The highest BCUT2D eigenvalue weighted by Gasteiger charge is 2.00. The summed E-state index contributed by atoms with van der Waals surface area (Å²) in [5.41, 5.74) is 0. The number of aromatic nitrogens is 2. The van der Waals surface area contributed by atoms with Gasteiger partial charge in [0.15, 0.2) is 0 Å². The van der Waals surface area contributed by atoms with Crippen LogP contribution in [0.1, 0.15) is 0 Å². The zero-order chi connectivity index (χ0) is 10.5.